The van der Waals surface area contributed by atoms with Gasteiger partial charge in [-0.3, -0.25) is 0 Å². The van der Waals surface area contributed by atoms with Crippen molar-refractivity contribution in [3.8, 4) is 11.5 Å². The maximum absolute atomic E-state index is 13.0. The highest BCUT2D eigenvalue weighted by Gasteiger charge is 2.24. The average molecular weight is 415 g/mol. The molecule has 4 nitrogen and oxygen atoms in total. The van der Waals surface area contributed by atoms with E-state index in [1.54, 1.807) is 12.1 Å². The first-order valence-electron chi connectivity index (χ1n) is 9.87. The number of anilines is 1. The number of ether oxygens (including phenoxy) is 2. The normalized spacial score (nSPS) is 12.7. The van der Waals surface area contributed by atoms with E-state index in [4.69, 9.17) is 21.7 Å². The van der Waals surface area contributed by atoms with Crippen LogP contribution < -0.4 is 14.4 Å². The molecule has 0 fully saturated rings. The lowest BCUT2D eigenvalue weighted by Gasteiger charge is -2.20. The second kappa shape index (κ2) is 10.4. The molecule has 2 aromatic rings. The van der Waals surface area contributed by atoms with Gasteiger partial charge in [-0.1, -0.05) is 6.08 Å². The Balaban J connectivity index is 1.49. The Bertz CT molecular complexity index is 841. The summed E-state index contributed by atoms with van der Waals surface area (Å²) < 4.78 is 24.7. The van der Waals surface area contributed by atoms with Gasteiger partial charge in [0.2, 0.25) is 0 Å². The lowest BCUT2D eigenvalue weighted by Crippen LogP contribution is -2.31. The van der Waals surface area contributed by atoms with E-state index in [9.17, 15) is 4.39 Å². The Morgan fingerprint density at radius 1 is 1.21 bits per heavy atom. The van der Waals surface area contributed by atoms with Crippen molar-refractivity contribution in [2.24, 2.45) is 0 Å². The molecular formula is C23H27FN2O2S. The first-order valence-corrected chi connectivity index (χ1v) is 10.3. The molecule has 154 valence electrons. The van der Waals surface area contributed by atoms with Crippen LogP contribution in [-0.4, -0.2) is 43.4 Å². The smallest absolute Gasteiger partial charge is 0.269 e. The van der Waals surface area contributed by atoms with Crippen LogP contribution in [0.3, 0.4) is 0 Å². The summed E-state index contributed by atoms with van der Waals surface area (Å²) in [6.45, 7) is 7.17. The van der Waals surface area contributed by atoms with Gasteiger partial charge >= 0.3 is 0 Å². The van der Waals surface area contributed by atoms with Crippen molar-refractivity contribution in [3.63, 3.8) is 0 Å². The van der Waals surface area contributed by atoms with Crippen LogP contribution >= 0.6 is 12.2 Å². The number of likely N-dealkylation sites (N-methyl/N-ethyl adjacent to an activating group) is 1. The van der Waals surface area contributed by atoms with Crippen molar-refractivity contribution in [3.05, 3.63) is 66.5 Å². The minimum atomic E-state index is -0.300. The molecule has 0 radical (unpaired) electrons. The molecule has 0 aliphatic carbocycles. The van der Waals surface area contributed by atoms with E-state index in [-0.39, 0.29) is 5.82 Å². The number of benzene rings is 2. The molecule has 1 aliphatic heterocycles. The molecule has 0 spiro atoms. The number of hydrogen-bond acceptors (Lipinski definition) is 4. The van der Waals surface area contributed by atoms with Gasteiger partial charge in [-0.05, 0) is 93.1 Å². The SMILES string of the molecule is C=CCN(C)CCCCOc1ccc2c(c1)CCN2C(=S)Oc1ccc(F)cc1. The Labute approximate surface area is 177 Å². The first-order chi connectivity index (χ1) is 14.1. The highest BCUT2D eigenvalue weighted by atomic mass is 32.1. The Morgan fingerprint density at radius 2 is 1.97 bits per heavy atom. The van der Waals surface area contributed by atoms with Crippen LogP contribution in [0.1, 0.15) is 18.4 Å². The van der Waals surface area contributed by atoms with E-state index in [1.165, 1.54) is 17.7 Å². The number of fused-ring (bicyclic) bond motifs is 1. The van der Waals surface area contributed by atoms with E-state index in [1.807, 2.05) is 23.1 Å². The molecule has 2 aromatic carbocycles. The molecule has 3 rings (SSSR count). The minimum absolute atomic E-state index is 0.300. The van der Waals surface area contributed by atoms with E-state index >= 15 is 0 Å². The standard InChI is InChI=1S/C23H27FN2O2S/c1-3-13-25(2)14-4-5-16-27-21-10-11-22-18(17-21)12-15-26(22)23(29)28-20-8-6-19(24)7-9-20/h3,6-11,17H,1,4-5,12-16H2,2H3. The monoisotopic (exact) mass is 414 g/mol. The van der Waals surface area contributed by atoms with E-state index < -0.39 is 0 Å². The zero-order valence-corrected chi connectivity index (χ0v) is 17.6. The topological polar surface area (TPSA) is 24.9 Å². The van der Waals surface area contributed by atoms with Gasteiger partial charge in [0.25, 0.3) is 5.17 Å². The summed E-state index contributed by atoms with van der Waals surface area (Å²) in [5.74, 6) is 1.12. The number of rotatable bonds is 9. The van der Waals surface area contributed by atoms with Crippen molar-refractivity contribution >= 4 is 23.1 Å². The molecule has 0 aromatic heterocycles. The molecule has 0 saturated heterocycles. The van der Waals surface area contributed by atoms with E-state index in [0.29, 0.717) is 17.5 Å². The molecule has 1 aliphatic rings. The molecule has 0 amide bonds. The van der Waals surface area contributed by atoms with E-state index in [2.05, 4.69) is 24.6 Å². The van der Waals surface area contributed by atoms with Gasteiger partial charge < -0.3 is 19.3 Å². The molecule has 0 N–H and O–H groups in total. The largest absolute Gasteiger partial charge is 0.494 e. The fourth-order valence-electron chi connectivity index (χ4n) is 3.30. The predicted octanol–water partition coefficient (Wildman–Crippen LogP) is 4.83. The fourth-order valence-corrected chi connectivity index (χ4v) is 3.59. The van der Waals surface area contributed by atoms with Crippen molar-refractivity contribution in [2.75, 3.05) is 38.2 Å². The first kappa shape index (κ1) is 21.3. The Hall–Kier alpha value is -2.44. The molecule has 0 atom stereocenters. The predicted molar refractivity (Wildman–Crippen MR) is 120 cm³/mol. The van der Waals surface area contributed by atoms with E-state index in [0.717, 1.165) is 50.3 Å². The maximum Gasteiger partial charge on any atom is 0.269 e. The van der Waals surface area contributed by atoms with Crippen molar-refractivity contribution < 1.29 is 13.9 Å². The molecular weight excluding hydrogens is 387 g/mol. The maximum atomic E-state index is 13.0. The summed E-state index contributed by atoms with van der Waals surface area (Å²) in [7, 11) is 2.10. The van der Waals surface area contributed by atoms with Crippen LogP contribution in [0.25, 0.3) is 0 Å². The van der Waals surface area contributed by atoms with Gasteiger partial charge in [0, 0.05) is 18.8 Å². The third-order valence-electron chi connectivity index (χ3n) is 4.83. The average Bonchev–Trinajstić information content (AvgIpc) is 3.13. The number of unbranched alkanes of at least 4 members (excludes halogenated alkanes) is 1. The highest BCUT2D eigenvalue weighted by molar-refractivity contribution is 7.80. The van der Waals surface area contributed by atoms with Gasteiger partial charge in [0.1, 0.15) is 17.3 Å². The summed E-state index contributed by atoms with van der Waals surface area (Å²) in [5.41, 5.74) is 2.23. The molecule has 0 saturated carbocycles. The van der Waals surface area contributed by atoms with Gasteiger partial charge in [-0.25, -0.2) is 4.39 Å². The van der Waals surface area contributed by atoms with Crippen molar-refractivity contribution in [1.29, 1.82) is 0 Å². The Kier molecular flexibility index (Phi) is 7.61. The molecule has 0 unspecified atom stereocenters. The van der Waals surface area contributed by atoms with Crippen LogP contribution in [0.4, 0.5) is 10.1 Å². The van der Waals surface area contributed by atoms with Gasteiger partial charge in [0.05, 0.1) is 6.61 Å². The molecule has 29 heavy (non-hydrogen) atoms. The van der Waals surface area contributed by atoms with Gasteiger partial charge in [-0.15, -0.1) is 6.58 Å². The van der Waals surface area contributed by atoms with Crippen LogP contribution in [0.15, 0.2) is 55.1 Å². The van der Waals surface area contributed by atoms with Crippen LogP contribution in [-0.2, 0) is 6.42 Å². The Morgan fingerprint density at radius 3 is 2.72 bits per heavy atom. The summed E-state index contributed by atoms with van der Waals surface area (Å²) in [5, 5.41) is 0.368. The highest BCUT2D eigenvalue weighted by Crippen LogP contribution is 2.32. The third kappa shape index (κ3) is 6.02. The molecule has 6 heteroatoms. The number of hydrogen-bond donors (Lipinski definition) is 0. The second-order valence-electron chi connectivity index (χ2n) is 7.12. The zero-order valence-electron chi connectivity index (χ0n) is 16.8. The van der Waals surface area contributed by atoms with Crippen molar-refractivity contribution in [1.82, 2.24) is 4.90 Å². The molecule has 0 bridgehead atoms. The van der Waals surface area contributed by atoms with Crippen LogP contribution in [0.5, 0.6) is 11.5 Å². The number of halogens is 1. The summed E-state index contributed by atoms with van der Waals surface area (Å²) >= 11 is 5.44. The van der Waals surface area contributed by atoms with Crippen LogP contribution in [0.2, 0.25) is 0 Å². The van der Waals surface area contributed by atoms with Crippen LogP contribution in [0, 0.1) is 5.82 Å². The summed E-state index contributed by atoms with van der Waals surface area (Å²) in [6.07, 6.45) is 4.91. The quantitative estimate of drug-likeness (QED) is 0.333. The second-order valence-corrected chi connectivity index (χ2v) is 7.47. The van der Waals surface area contributed by atoms with Gasteiger partial charge in [-0.2, -0.15) is 0 Å². The number of thiocarbonyl (C=S) groups is 1. The van der Waals surface area contributed by atoms with Crippen molar-refractivity contribution in [2.45, 2.75) is 19.3 Å². The minimum Gasteiger partial charge on any atom is -0.494 e. The van der Waals surface area contributed by atoms with Gasteiger partial charge in [0.15, 0.2) is 0 Å². The summed E-state index contributed by atoms with van der Waals surface area (Å²) in [6, 6.07) is 11.9. The third-order valence-corrected chi connectivity index (χ3v) is 5.13. The summed E-state index contributed by atoms with van der Waals surface area (Å²) in [4.78, 5) is 4.21. The lowest BCUT2D eigenvalue weighted by molar-refractivity contribution is 0.287. The zero-order chi connectivity index (χ0) is 20.6. The number of nitrogens with zero attached hydrogens (tertiary/aromatic N) is 2. The lowest BCUT2D eigenvalue weighted by atomic mass is 10.1. The fraction of sp³-hybridized carbons (Fsp3) is 0.348. The molecule has 1 heterocycles.